The Balaban J connectivity index is 1.58. The second kappa shape index (κ2) is 6.93. The van der Waals surface area contributed by atoms with E-state index < -0.39 is 0 Å². The molecule has 5 nitrogen and oxygen atoms in total. The first kappa shape index (κ1) is 16.3. The number of carbonyl (C=O) groups is 2. The highest BCUT2D eigenvalue weighted by Crippen LogP contribution is 2.40. The fourth-order valence-electron chi connectivity index (χ4n) is 2.55. The number of amides is 2. The topological polar surface area (TPSA) is 67.4 Å². The van der Waals surface area contributed by atoms with Crippen LogP contribution in [0.1, 0.15) is 6.42 Å². The molecule has 2 N–H and O–H groups in total. The van der Waals surface area contributed by atoms with Crippen LogP contribution >= 0.6 is 11.6 Å². The lowest BCUT2D eigenvalue weighted by atomic mass is 10.2. The zero-order valence-corrected chi connectivity index (χ0v) is 13.8. The van der Waals surface area contributed by atoms with Gasteiger partial charge in [-0.3, -0.25) is 9.59 Å². The van der Waals surface area contributed by atoms with Crippen molar-refractivity contribution in [3.05, 3.63) is 53.6 Å². The lowest BCUT2D eigenvalue weighted by Gasteiger charge is -2.09. The molecule has 1 aliphatic carbocycles. The highest BCUT2D eigenvalue weighted by Gasteiger charge is 2.48. The number of ether oxygens (including phenoxy) is 1. The summed E-state index contributed by atoms with van der Waals surface area (Å²) < 4.78 is 5.20. The largest absolute Gasteiger partial charge is 0.495 e. The highest BCUT2D eigenvalue weighted by molar-refractivity contribution is 6.30. The Morgan fingerprint density at radius 1 is 1.04 bits per heavy atom. The second-order valence-corrected chi connectivity index (χ2v) is 6.07. The van der Waals surface area contributed by atoms with Crippen LogP contribution in [0.5, 0.6) is 5.75 Å². The summed E-state index contributed by atoms with van der Waals surface area (Å²) in [5.74, 6) is -0.401. The van der Waals surface area contributed by atoms with Gasteiger partial charge >= 0.3 is 0 Å². The molecule has 1 saturated carbocycles. The van der Waals surface area contributed by atoms with Gasteiger partial charge in [0, 0.05) is 10.7 Å². The van der Waals surface area contributed by atoms with E-state index in [0.717, 1.165) is 0 Å². The summed E-state index contributed by atoms with van der Waals surface area (Å²) in [6.07, 6.45) is 0.535. The summed E-state index contributed by atoms with van der Waals surface area (Å²) in [4.78, 5) is 24.5. The van der Waals surface area contributed by atoms with Crippen LogP contribution in [-0.4, -0.2) is 18.9 Å². The molecule has 0 bridgehead atoms. The van der Waals surface area contributed by atoms with Crippen molar-refractivity contribution in [2.75, 3.05) is 17.7 Å². The maximum absolute atomic E-state index is 12.3. The number of hydrogen-bond acceptors (Lipinski definition) is 3. The lowest BCUT2D eigenvalue weighted by molar-refractivity contribution is -0.122. The first-order chi connectivity index (χ1) is 11.6. The van der Waals surface area contributed by atoms with Crippen molar-refractivity contribution in [3.63, 3.8) is 0 Å². The molecule has 0 heterocycles. The zero-order valence-electron chi connectivity index (χ0n) is 13.1. The molecule has 2 amide bonds. The number of anilines is 2. The normalized spacial score (nSPS) is 18.6. The Morgan fingerprint density at radius 3 is 2.46 bits per heavy atom. The Bertz CT molecular complexity index is 778. The summed E-state index contributed by atoms with van der Waals surface area (Å²) in [5.41, 5.74) is 1.23. The Labute approximate surface area is 145 Å². The van der Waals surface area contributed by atoms with Gasteiger partial charge in [0.25, 0.3) is 0 Å². The molecule has 124 valence electrons. The SMILES string of the molecule is COc1ccccc1NC(=O)C1CC1C(=O)Nc1cccc(Cl)c1. The average Bonchev–Trinajstić information content (AvgIpc) is 3.36. The maximum atomic E-state index is 12.3. The van der Waals surface area contributed by atoms with Crippen LogP contribution in [0.25, 0.3) is 0 Å². The summed E-state index contributed by atoms with van der Waals surface area (Å²) in [6, 6.07) is 14.1. The third-order valence-electron chi connectivity index (χ3n) is 3.92. The van der Waals surface area contributed by atoms with Crippen molar-refractivity contribution in [3.8, 4) is 5.75 Å². The fourth-order valence-corrected chi connectivity index (χ4v) is 2.74. The molecule has 2 atom stereocenters. The number of rotatable bonds is 5. The van der Waals surface area contributed by atoms with Crippen LogP contribution in [0, 0.1) is 11.8 Å². The van der Waals surface area contributed by atoms with E-state index in [4.69, 9.17) is 16.3 Å². The number of methoxy groups -OCH3 is 1. The molecule has 0 saturated heterocycles. The van der Waals surface area contributed by atoms with Crippen molar-refractivity contribution < 1.29 is 14.3 Å². The molecule has 3 rings (SSSR count). The number of carbonyl (C=O) groups excluding carboxylic acids is 2. The molecule has 0 aliphatic heterocycles. The summed E-state index contributed by atoms with van der Waals surface area (Å²) in [5, 5.41) is 6.15. The molecule has 2 aromatic rings. The molecule has 1 aliphatic rings. The first-order valence-corrected chi connectivity index (χ1v) is 7.96. The van der Waals surface area contributed by atoms with Crippen LogP contribution in [0.4, 0.5) is 11.4 Å². The standard InChI is InChI=1S/C18H17ClN2O3/c1-24-16-8-3-2-7-15(16)21-18(23)14-10-13(14)17(22)20-12-6-4-5-11(19)9-12/h2-9,13-14H,10H2,1H3,(H,20,22)(H,21,23). The molecule has 2 unspecified atom stereocenters. The highest BCUT2D eigenvalue weighted by atomic mass is 35.5. The third kappa shape index (κ3) is 3.68. The van der Waals surface area contributed by atoms with Crippen LogP contribution < -0.4 is 15.4 Å². The molecule has 24 heavy (non-hydrogen) atoms. The van der Waals surface area contributed by atoms with Crippen molar-refractivity contribution in [1.29, 1.82) is 0 Å². The molecule has 2 aromatic carbocycles. The smallest absolute Gasteiger partial charge is 0.228 e. The molecular formula is C18H17ClN2O3. The van der Waals surface area contributed by atoms with Crippen LogP contribution in [0.15, 0.2) is 48.5 Å². The van der Waals surface area contributed by atoms with Crippen LogP contribution in [-0.2, 0) is 9.59 Å². The number of para-hydroxylation sites is 2. The minimum absolute atomic E-state index is 0.169. The Hall–Kier alpha value is -2.53. The number of nitrogens with one attached hydrogen (secondary N) is 2. The van der Waals surface area contributed by atoms with Crippen molar-refractivity contribution >= 4 is 34.8 Å². The predicted octanol–water partition coefficient (Wildman–Crippen LogP) is 3.56. The third-order valence-corrected chi connectivity index (χ3v) is 4.16. The minimum atomic E-state index is -0.325. The molecule has 6 heteroatoms. The van der Waals surface area contributed by atoms with Gasteiger partial charge in [-0.15, -0.1) is 0 Å². The van der Waals surface area contributed by atoms with Gasteiger partial charge in [0.2, 0.25) is 11.8 Å². The molecular weight excluding hydrogens is 328 g/mol. The van der Waals surface area contributed by atoms with Gasteiger partial charge in [-0.05, 0) is 36.8 Å². The number of benzene rings is 2. The fraction of sp³-hybridized carbons (Fsp3) is 0.222. The Kier molecular flexibility index (Phi) is 4.71. The molecule has 0 aromatic heterocycles. The van der Waals surface area contributed by atoms with E-state index in [-0.39, 0.29) is 23.7 Å². The van der Waals surface area contributed by atoms with Gasteiger partial charge < -0.3 is 15.4 Å². The van der Waals surface area contributed by atoms with Gasteiger partial charge in [0.05, 0.1) is 24.6 Å². The van der Waals surface area contributed by atoms with E-state index in [2.05, 4.69) is 10.6 Å². The monoisotopic (exact) mass is 344 g/mol. The van der Waals surface area contributed by atoms with Crippen LogP contribution in [0.2, 0.25) is 5.02 Å². The van der Waals surface area contributed by atoms with Crippen molar-refractivity contribution in [1.82, 2.24) is 0 Å². The maximum Gasteiger partial charge on any atom is 0.228 e. The van der Waals surface area contributed by atoms with E-state index in [1.54, 1.807) is 43.5 Å². The second-order valence-electron chi connectivity index (χ2n) is 5.64. The average molecular weight is 345 g/mol. The van der Waals surface area contributed by atoms with Crippen LogP contribution in [0.3, 0.4) is 0 Å². The quantitative estimate of drug-likeness (QED) is 0.871. The van der Waals surface area contributed by atoms with Gasteiger partial charge in [0.15, 0.2) is 0 Å². The molecule has 0 spiro atoms. The number of hydrogen-bond donors (Lipinski definition) is 2. The summed E-state index contributed by atoms with van der Waals surface area (Å²) in [6.45, 7) is 0. The van der Waals surface area contributed by atoms with Gasteiger partial charge in [0.1, 0.15) is 5.75 Å². The lowest BCUT2D eigenvalue weighted by Crippen LogP contribution is -2.20. The van der Waals surface area contributed by atoms with E-state index >= 15 is 0 Å². The van der Waals surface area contributed by atoms with Gasteiger partial charge in [-0.2, -0.15) is 0 Å². The van der Waals surface area contributed by atoms with Gasteiger partial charge in [-0.1, -0.05) is 29.8 Å². The molecule has 0 radical (unpaired) electrons. The molecule has 1 fully saturated rings. The predicted molar refractivity (Wildman–Crippen MR) is 93.3 cm³/mol. The minimum Gasteiger partial charge on any atom is -0.495 e. The van der Waals surface area contributed by atoms with Gasteiger partial charge in [-0.25, -0.2) is 0 Å². The van der Waals surface area contributed by atoms with E-state index in [0.29, 0.717) is 28.6 Å². The first-order valence-electron chi connectivity index (χ1n) is 7.59. The van der Waals surface area contributed by atoms with E-state index in [1.165, 1.54) is 0 Å². The summed E-state index contributed by atoms with van der Waals surface area (Å²) >= 11 is 5.89. The Morgan fingerprint density at radius 2 is 1.75 bits per heavy atom. The van der Waals surface area contributed by atoms with Crippen molar-refractivity contribution in [2.24, 2.45) is 11.8 Å². The van der Waals surface area contributed by atoms with E-state index in [1.807, 2.05) is 12.1 Å². The van der Waals surface area contributed by atoms with E-state index in [9.17, 15) is 9.59 Å². The number of halogens is 1. The van der Waals surface area contributed by atoms with Crippen molar-refractivity contribution in [2.45, 2.75) is 6.42 Å². The summed E-state index contributed by atoms with van der Waals surface area (Å²) in [7, 11) is 1.54. The zero-order chi connectivity index (χ0) is 17.1.